The van der Waals surface area contributed by atoms with Crippen LogP contribution in [0.2, 0.25) is 0 Å². The maximum atomic E-state index is 13.1. The molecular formula is C22H24N4O3S. The smallest absolute Gasteiger partial charge is 0.287 e. The summed E-state index contributed by atoms with van der Waals surface area (Å²) < 4.78 is 11.4. The monoisotopic (exact) mass is 424 g/mol. The molecule has 0 aliphatic carbocycles. The SMILES string of the molecule is CCOc1ccc2oc(C(=O)NC(CCSC)c3nc4ncccc4[nH]3)c(C)c2c1. The number of pyridine rings is 1. The third kappa shape index (κ3) is 4.00. The molecule has 3 aromatic heterocycles. The number of imidazole rings is 1. The van der Waals surface area contributed by atoms with Crippen LogP contribution in [0.25, 0.3) is 22.1 Å². The predicted molar refractivity (Wildman–Crippen MR) is 119 cm³/mol. The second-order valence-electron chi connectivity index (χ2n) is 6.95. The number of benzene rings is 1. The Hall–Kier alpha value is -3.00. The Morgan fingerprint density at radius 1 is 1.37 bits per heavy atom. The summed E-state index contributed by atoms with van der Waals surface area (Å²) in [6.45, 7) is 4.41. The van der Waals surface area contributed by atoms with Gasteiger partial charge in [-0.2, -0.15) is 11.8 Å². The molecule has 30 heavy (non-hydrogen) atoms. The van der Waals surface area contributed by atoms with Crippen LogP contribution in [0.1, 0.15) is 41.3 Å². The second-order valence-corrected chi connectivity index (χ2v) is 7.94. The number of fused-ring (bicyclic) bond motifs is 2. The van der Waals surface area contributed by atoms with E-state index in [9.17, 15) is 4.79 Å². The number of hydrogen-bond acceptors (Lipinski definition) is 6. The number of aromatic nitrogens is 3. The highest BCUT2D eigenvalue weighted by Gasteiger charge is 2.24. The first kappa shape index (κ1) is 20.3. The number of thioether (sulfide) groups is 1. The summed E-state index contributed by atoms with van der Waals surface area (Å²) in [6.07, 6.45) is 4.48. The van der Waals surface area contributed by atoms with Crippen molar-refractivity contribution in [3.8, 4) is 5.75 Å². The van der Waals surface area contributed by atoms with E-state index in [1.807, 2.05) is 50.4 Å². The molecule has 4 aromatic rings. The van der Waals surface area contributed by atoms with Crippen LogP contribution in [0.3, 0.4) is 0 Å². The van der Waals surface area contributed by atoms with Gasteiger partial charge in [-0.15, -0.1) is 0 Å². The summed E-state index contributed by atoms with van der Waals surface area (Å²) in [5.74, 6) is 2.38. The topological polar surface area (TPSA) is 93.0 Å². The molecule has 7 nitrogen and oxygen atoms in total. The largest absolute Gasteiger partial charge is 0.494 e. The summed E-state index contributed by atoms with van der Waals surface area (Å²) >= 11 is 1.72. The Morgan fingerprint density at radius 3 is 3.00 bits per heavy atom. The van der Waals surface area contributed by atoms with Crippen LogP contribution in [-0.2, 0) is 0 Å². The lowest BCUT2D eigenvalue weighted by Gasteiger charge is -2.15. The minimum absolute atomic E-state index is 0.263. The van der Waals surface area contributed by atoms with Gasteiger partial charge in [-0.3, -0.25) is 4.79 Å². The molecule has 0 spiro atoms. The third-order valence-electron chi connectivity index (χ3n) is 4.95. The molecule has 0 bridgehead atoms. The Labute approximate surface area is 178 Å². The van der Waals surface area contributed by atoms with Crippen molar-refractivity contribution in [2.24, 2.45) is 0 Å². The van der Waals surface area contributed by atoms with E-state index in [0.717, 1.165) is 34.4 Å². The predicted octanol–water partition coefficient (Wildman–Crippen LogP) is 4.64. The van der Waals surface area contributed by atoms with Crippen LogP contribution in [0.5, 0.6) is 5.75 Å². The van der Waals surface area contributed by atoms with E-state index in [1.54, 1.807) is 18.0 Å². The van der Waals surface area contributed by atoms with Gasteiger partial charge in [-0.1, -0.05) is 0 Å². The average Bonchev–Trinajstić information content (AvgIpc) is 3.32. The van der Waals surface area contributed by atoms with Crippen molar-refractivity contribution < 1.29 is 13.9 Å². The number of rotatable bonds is 8. The highest BCUT2D eigenvalue weighted by Crippen LogP contribution is 2.29. The lowest BCUT2D eigenvalue weighted by atomic mass is 10.1. The van der Waals surface area contributed by atoms with E-state index >= 15 is 0 Å². The minimum Gasteiger partial charge on any atom is -0.494 e. The fraction of sp³-hybridized carbons (Fsp3) is 0.318. The molecule has 0 fully saturated rings. The molecule has 3 heterocycles. The standard InChI is InChI=1S/C22H24N4O3S/c1-4-28-14-7-8-18-15(12-14)13(2)19(29-18)22(27)25-17(9-11-30-3)21-24-16-6-5-10-23-20(16)26-21/h5-8,10,12,17H,4,9,11H2,1-3H3,(H,25,27)(H,23,24,26). The normalized spacial score (nSPS) is 12.4. The first-order valence-electron chi connectivity index (χ1n) is 9.87. The molecule has 156 valence electrons. The molecule has 0 radical (unpaired) electrons. The number of carbonyl (C=O) groups is 1. The van der Waals surface area contributed by atoms with Gasteiger partial charge in [0.15, 0.2) is 11.4 Å². The van der Waals surface area contributed by atoms with Crippen molar-refractivity contribution in [3.05, 3.63) is 53.7 Å². The molecule has 1 amide bonds. The van der Waals surface area contributed by atoms with Crippen molar-refractivity contribution in [3.63, 3.8) is 0 Å². The molecule has 4 rings (SSSR count). The zero-order valence-electron chi connectivity index (χ0n) is 17.2. The highest BCUT2D eigenvalue weighted by molar-refractivity contribution is 7.98. The van der Waals surface area contributed by atoms with Crippen LogP contribution in [-0.4, -0.2) is 39.5 Å². The van der Waals surface area contributed by atoms with E-state index < -0.39 is 0 Å². The Morgan fingerprint density at radius 2 is 2.23 bits per heavy atom. The fourth-order valence-electron chi connectivity index (χ4n) is 3.44. The van der Waals surface area contributed by atoms with E-state index in [1.165, 1.54) is 0 Å². The number of amides is 1. The van der Waals surface area contributed by atoms with Crippen LogP contribution >= 0.6 is 11.8 Å². The second kappa shape index (κ2) is 8.79. The van der Waals surface area contributed by atoms with Gasteiger partial charge in [0.1, 0.15) is 17.2 Å². The van der Waals surface area contributed by atoms with Gasteiger partial charge in [0.25, 0.3) is 5.91 Å². The molecule has 1 unspecified atom stereocenters. The average molecular weight is 425 g/mol. The summed E-state index contributed by atoms with van der Waals surface area (Å²) in [5.41, 5.74) is 2.94. The van der Waals surface area contributed by atoms with E-state index in [0.29, 0.717) is 29.4 Å². The Bertz CT molecular complexity index is 1150. The van der Waals surface area contributed by atoms with Crippen molar-refractivity contribution in [1.82, 2.24) is 20.3 Å². The molecule has 8 heteroatoms. The number of nitrogens with zero attached hydrogens (tertiary/aromatic N) is 2. The van der Waals surface area contributed by atoms with Crippen molar-refractivity contribution in [2.75, 3.05) is 18.6 Å². The first-order chi connectivity index (χ1) is 14.6. The Balaban J connectivity index is 1.62. The van der Waals surface area contributed by atoms with E-state index in [2.05, 4.69) is 20.3 Å². The Kier molecular flexibility index (Phi) is 5.94. The zero-order chi connectivity index (χ0) is 21.1. The number of furan rings is 1. The minimum atomic E-state index is -0.272. The molecule has 1 aromatic carbocycles. The highest BCUT2D eigenvalue weighted by atomic mass is 32.2. The van der Waals surface area contributed by atoms with Crippen LogP contribution in [0.4, 0.5) is 0 Å². The van der Waals surface area contributed by atoms with E-state index in [4.69, 9.17) is 9.15 Å². The molecule has 1 atom stereocenters. The molecular weight excluding hydrogens is 400 g/mol. The van der Waals surface area contributed by atoms with Gasteiger partial charge in [-0.05, 0) is 62.6 Å². The van der Waals surface area contributed by atoms with Crippen LogP contribution in [0.15, 0.2) is 40.9 Å². The number of carbonyl (C=O) groups excluding carboxylic acids is 1. The number of aryl methyl sites for hydroxylation is 1. The van der Waals surface area contributed by atoms with Gasteiger partial charge >= 0.3 is 0 Å². The summed E-state index contributed by atoms with van der Waals surface area (Å²) in [5, 5.41) is 3.96. The van der Waals surface area contributed by atoms with Gasteiger partial charge in [0.05, 0.1) is 18.2 Å². The summed E-state index contributed by atoms with van der Waals surface area (Å²) in [6, 6.07) is 9.09. The molecule has 0 aliphatic heterocycles. The van der Waals surface area contributed by atoms with Crippen LogP contribution < -0.4 is 10.1 Å². The van der Waals surface area contributed by atoms with Gasteiger partial charge < -0.3 is 19.5 Å². The number of hydrogen-bond donors (Lipinski definition) is 2. The summed E-state index contributed by atoms with van der Waals surface area (Å²) in [4.78, 5) is 25.2. The van der Waals surface area contributed by atoms with Gasteiger partial charge in [-0.25, -0.2) is 9.97 Å². The number of ether oxygens (including phenoxy) is 1. The van der Waals surface area contributed by atoms with Crippen LogP contribution in [0, 0.1) is 6.92 Å². The van der Waals surface area contributed by atoms with Crippen molar-refractivity contribution >= 4 is 39.8 Å². The number of nitrogens with one attached hydrogen (secondary N) is 2. The first-order valence-corrected chi connectivity index (χ1v) is 11.3. The van der Waals surface area contributed by atoms with Gasteiger partial charge in [0, 0.05) is 17.1 Å². The molecule has 0 saturated carbocycles. The maximum Gasteiger partial charge on any atom is 0.287 e. The summed E-state index contributed by atoms with van der Waals surface area (Å²) in [7, 11) is 0. The zero-order valence-corrected chi connectivity index (χ0v) is 18.0. The fourth-order valence-corrected chi connectivity index (χ4v) is 3.91. The molecule has 2 N–H and O–H groups in total. The lowest BCUT2D eigenvalue weighted by molar-refractivity contribution is 0.0907. The maximum absolute atomic E-state index is 13.1. The number of H-pyrrole nitrogens is 1. The van der Waals surface area contributed by atoms with Crippen molar-refractivity contribution in [2.45, 2.75) is 26.3 Å². The van der Waals surface area contributed by atoms with Gasteiger partial charge in [0.2, 0.25) is 0 Å². The quantitative estimate of drug-likeness (QED) is 0.428. The lowest BCUT2D eigenvalue weighted by Crippen LogP contribution is -2.30. The molecule has 0 saturated heterocycles. The number of aromatic amines is 1. The van der Waals surface area contributed by atoms with Crippen molar-refractivity contribution in [1.29, 1.82) is 0 Å². The third-order valence-corrected chi connectivity index (χ3v) is 5.59. The molecule has 0 aliphatic rings. The van der Waals surface area contributed by atoms with E-state index in [-0.39, 0.29) is 11.9 Å².